The van der Waals surface area contributed by atoms with Crippen LogP contribution in [0.25, 0.3) is 0 Å². The maximum Gasteiger partial charge on any atom is 0.314 e. The van der Waals surface area contributed by atoms with Gasteiger partial charge in [0.25, 0.3) is 0 Å². The zero-order valence-corrected chi connectivity index (χ0v) is 13.5. The number of carbonyl (C=O) groups excluding carboxylic acids is 2. The van der Waals surface area contributed by atoms with E-state index in [-0.39, 0.29) is 18.4 Å². The summed E-state index contributed by atoms with van der Waals surface area (Å²) in [5, 5.41) is 5.48. The van der Waals surface area contributed by atoms with Crippen molar-refractivity contribution < 1.29 is 14.3 Å². The molecule has 1 heterocycles. The quantitative estimate of drug-likeness (QED) is 0.729. The minimum absolute atomic E-state index is 0.191. The van der Waals surface area contributed by atoms with Crippen LogP contribution in [0.1, 0.15) is 46.5 Å². The van der Waals surface area contributed by atoms with E-state index in [0.29, 0.717) is 13.1 Å². The monoisotopic (exact) mass is 299 g/mol. The molecule has 0 radical (unpaired) electrons. The van der Waals surface area contributed by atoms with E-state index in [0.717, 1.165) is 19.6 Å². The van der Waals surface area contributed by atoms with E-state index in [1.165, 1.54) is 19.3 Å². The van der Waals surface area contributed by atoms with Crippen LogP contribution in [0.15, 0.2) is 0 Å². The number of piperidine rings is 1. The number of likely N-dealkylation sites (tertiary alicyclic amines) is 1. The van der Waals surface area contributed by atoms with E-state index in [1.54, 1.807) is 0 Å². The number of nitrogens with one attached hydrogen (secondary N) is 2. The van der Waals surface area contributed by atoms with Gasteiger partial charge in [0.2, 0.25) is 0 Å². The van der Waals surface area contributed by atoms with Crippen LogP contribution < -0.4 is 10.6 Å². The lowest BCUT2D eigenvalue weighted by Crippen LogP contribution is -2.42. The number of amides is 2. The normalized spacial score (nSPS) is 16.3. The molecule has 6 nitrogen and oxygen atoms in total. The molecule has 0 aromatic heterocycles. The maximum absolute atomic E-state index is 11.6. The number of esters is 1. The third-order valence-electron chi connectivity index (χ3n) is 3.20. The molecule has 2 N–H and O–H groups in total. The number of carbonyl (C=O) groups is 2. The second kappa shape index (κ2) is 8.87. The van der Waals surface area contributed by atoms with Gasteiger partial charge in [-0.3, -0.25) is 4.79 Å². The van der Waals surface area contributed by atoms with Crippen LogP contribution in [0.5, 0.6) is 0 Å². The molecule has 1 aliphatic heterocycles. The van der Waals surface area contributed by atoms with Gasteiger partial charge in [0.15, 0.2) is 0 Å². The van der Waals surface area contributed by atoms with Crippen molar-refractivity contribution in [2.24, 2.45) is 0 Å². The third-order valence-corrected chi connectivity index (χ3v) is 3.20. The van der Waals surface area contributed by atoms with Gasteiger partial charge < -0.3 is 20.3 Å². The number of rotatable bonds is 6. The topological polar surface area (TPSA) is 70.7 Å². The lowest BCUT2D eigenvalue weighted by molar-refractivity contribution is -0.154. The molecule has 0 spiro atoms. The Balaban J connectivity index is 2.02. The Labute approximate surface area is 127 Å². The van der Waals surface area contributed by atoms with Gasteiger partial charge in [-0.25, -0.2) is 4.79 Å². The highest BCUT2D eigenvalue weighted by Gasteiger charge is 2.16. The summed E-state index contributed by atoms with van der Waals surface area (Å²) in [5.41, 5.74) is -0.478. The zero-order chi connectivity index (χ0) is 15.7. The van der Waals surface area contributed by atoms with Crippen LogP contribution in [0.2, 0.25) is 0 Å². The van der Waals surface area contributed by atoms with Crippen molar-refractivity contribution in [1.82, 2.24) is 15.5 Å². The molecule has 21 heavy (non-hydrogen) atoms. The summed E-state index contributed by atoms with van der Waals surface area (Å²) in [6.45, 7) is 9.55. The highest BCUT2D eigenvalue weighted by molar-refractivity contribution is 5.75. The van der Waals surface area contributed by atoms with E-state index < -0.39 is 5.60 Å². The predicted molar refractivity (Wildman–Crippen MR) is 82.2 cm³/mol. The lowest BCUT2D eigenvalue weighted by Gasteiger charge is -2.26. The molecular weight excluding hydrogens is 270 g/mol. The molecule has 2 amide bonds. The fraction of sp³-hybridized carbons (Fsp3) is 0.867. The molecule has 0 aliphatic carbocycles. The van der Waals surface area contributed by atoms with Crippen molar-refractivity contribution in [3.8, 4) is 0 Å². The number of ether oxygens (including phenoxy) is 1. The van der Waals surface area contributed by atoms with Gasteiger partial charge in [-0.2, -0.15) is 0 Å². The summed E-state index contributed by atoms with van der Waals surface area (Å²) in [5.74, 6) is -0.295. The number of hydrogen-bond acceptors (Lipinski definition) is 4. The standard InChI is InChI=1S/C15H29N3O3/c1-15(2,3)21-13(19)7-8-16-14(20)17-9-12-18-10-5-4-6-11-18/h4-12H2,1-3H3,(H2,16,17,20). The molecule has 122 valence electrons. The number of hydrogen-bond donors (Lipinski definition) is 2. The highest BCUT2D eigenvalue weighted by Crippen LogP contribution is 2.08. The predicted octanol–water partition coefficient (Wildman–Crippen LogP) is 1.50. The minimum Gasteiger partial charge on any atom is -0.460 e. The largest absolute Gasteiger partial charge is 0.460 e. The van der Waals surface area contributed by atoms with Gasteiger partial charge in [-0.05, 0) is 46.7 Å². The Kier molecular flexibility index (Phi) is 7.50. The Morgan fingerprint density at radius 2 is 1.67 bits per heavy atom. The van der Waals surface area contributed by atoms with Gasteiger partial charge in [0.05, 0.1) is 6.42 Å². The smallest absolute Gasteiger partial charge is 0.314 e. The Hall–Kier alpha value is -1.30. The van der Waals surface area contributed by atoms with Gasteiger partial charge in [0.1, 0.15) is 5.60 Å². The zero-order valence-electron chi connectivity index (χ0n) is 13.5. The SMILES string of the molecule is CC(C)(C)OC(=O)CCNC(=O)NCCN1CCCCC1. The molecule has 1 rings (SSSR count). The van der Waals surface area contributed by atoms with Crippen LogP contribution in [0, 0.1) is 0 Å². The second-order valence-corrected chi connectivity index (χ2v) is 6.42. The van der Waals surface area contributed by atoms with Crippen molar-refractivity contribution in [3.05, 3.63) is 0 Å². The summed E-state index contributed by atoms with van der Waals surface area (Å²) in [4.78, 5) is 25.4. The van der Waals surface area contributed by atoms with Crippen LogP contribution in [-0.2, 0) is 9.53 Å². The summed E-state index contributed by atoms with van der Waals surface area (Å²) >= 11 is 0. The average Bonchev–Trinajstić information content (AvgIpc) is 2.38. The number of urea groups is 1. The molecule has 6 heteroatoms. The van der Waals surface area contributed by atoms with Crippen LogP contribution in [0.3, 0.4) is 0 Å². The van der Waals surface area contributed by atoms with Crippen molar-refractivity contribution in [3.63, 3.8) is 0 Å². The minimum atomic E-state index is -0.478. The van der Waals surface area contributed by atoms with E-state index in [2.05, 4.69) is 15.5 Å². The number of nitrogens with zero attached hydrogens (tertiary/aromatic N) is 1. The molecule has 1 fully saturated rings. The van der Waals surface area contributed by atoms with E-state index in [4.69, 9.17) is 4.74 Å². The van der Waals surface area contributed by atoms with E-state index in [9.17, 15) is 9.59 Å². The van der Waals surface area contributed by atoms with Gasteiger partial charge in [-0.1, -0.05) is 6.42 Å². The molecule has 0 atom stereocenters. The summed E-state index contributed by atoms with van der Waals surface area (Å²) in [6.07, 6.45) is 4.01. The van der Waals surface area contributed by atoms with Crippen LogP contribution >= 0.6 is 0 Å². The summed E-state index contributed by atoms with van der Waals surface area (Å²) < 4.78 is 5.16. The maximum atomic E-state index is 11.6. The van der Waals surface area contributed by atoms with Gasteiger partial charge in [0, 0.05) is 19.6 Å². The Morgan fingerprint density at radius 1 is 1.05 bits per heavy atom. The van der Waals surface area contributed by atoms with Crippen molar-refractivity contribution >= 4 is 12.0 Å². The van der Waals surface area contributed by atoms with E-state index in [1.807, 2.05) is 20.8 Å². The first-order valence-electron chi connectivity index (χ1n) is 7.83. The summed E-state index contributed by atoms with van der Waals surface area (Å²) in [6, 6.07) is -0.226. The first-order chi connectivity index (χ1) is 9.87. The molecular formula is C15H29N3O3. The molecule has 1 aliphatic rings. The fourth-order valence-corrected chi connectivity index (χ4v) is 2.24. The molecule has 0 unspecified atom stereocenters. The third kappa shape index (κ3) is 9.28. The Morgan fingerprint density at radius 3 is 2.29 bits per heavy atom. The molecule has 1 saturated heterocycles. The molecule has 0 aromatic rings. The van der Waals surface area contributed by atoms with Crippen LogP contribution in [0.4, 0.5) is 4.79 Å². The van der Waals surface area contributed by atoms with Gasteiger partial charge in [-0.15, -0.1) is 0 Å². The fourth-order valence-electron chi connectivity index (χ4n) is 2.24. The second-order valence-electron chi connectivity index (χ2n) is 6.42. The van der Waals surface area contributed by atoms with Crippen LogP contribution in [-0.4, -0.2) is 55.2 Å². The molecule has 0 saturated carbocycles. The van der Waals surface area contributed by atoms with Crippen molar-refractivity contribution in [2.75, 3.05) is 32.7 Å². The van der Waals surface area contributed by atoms with Gasteiger partial charge >= 0.3 is 12.0 Å². The first kappa shape index (κ1) is 17.8. The lowest BCUT2D eigenvalue weighted by atomic mass is 10.1. The molecule has 0 aromatic carbocycles. The van der Waals surface area contributed by atoms with E-state index >= 15 is 0 Å². The highest BCUT2D eigenvalue weighted by atomic mass is 16.6. The van der Waals surface area contributed by atoms with Crippen molar-refractivity contribution in [2.45, 2.75) is 52.1 Å². The Bertz CT molecular complexity index is 334. The summed E-state index contributed by atoms with van der Waals surface area (Å²) in [7, 11) is 0. The average molecular weight is 299 g/mol. The van der Waals surface area contributed by atoms with Crippen molar-refractivity contribution in [1.29, 1.82) is 0 Å². The molecule has 0 bridgehead atoms. The first-order valence-corrected chi connectivity index (χ1v) is 7.83.